The molecule has 19 heavy (non-hydrogen) atoms. The zero-order valence-corrected chi connectivity index (χ0v) is 12.3. The normalized spacial score (nSPS) is 18.1. The van der Waals surface area contributed by atoms with E-state index >= 15 is 0 Å². The summed E-state index contributed by atoms with van der Waals surface area (Å²) in [4.78, 5) is 11.3. The zero-order chi connectivity index (χ0) is 14.0. The van der Waals surface area contributed by atoms with Gasteiger partial charge in [0.05, 0.1) is 0 Å². The summed E-state index contributed by atoms with van der Waals surface area (Å²) in [5, 5.41) is 9.29. The number of rotatable bonds is 6. The first kappa shape index (κ1) is 14.4. The van der Waals surface area contributed by atoms with Crippen LogP contribution in [0.1, 0.15) is 29.5 Å². The third-order valence-electron chi connectivity index (χ3n) is 3.60. The number of benzene rings is 1. The van der Waals surface area contributed by atoms with Crippen LogP contribution in [0, 0.1) is 19.8 Å². The SMILES string of the molecule is Cc1cc(C)cc(CSCC(N)(C(=O)O)C2CC2)c1. The molecule has 0 aliphatic heterocycles. The quantitative estimate of drug-likeness (QED) is 0.840. The molecule has 1 aliphatic rings. The maximum Gasteiger partial charge on any atom is 0.324 e. The van der Waals surface area contributed by atoms with Crippen LogP contribution < -0.4 is 5.73 Å². The summed E-state index contributed by atoms with van der Waals surface area (Å²) in [6.07, 6.45) is 1.90. The van der Waals surface area contributed by atoms with Crippen LogP contribution in [-0.2, 0) is 10.5 Å². The van der Waals surface area contributed by atoms with Gasteiger partial charge in [-0.3, -0.25) is 4.79 Å². The maximum absolute atomic E-state index is 11.3. The lowest BCUT2D eigenvalue weighted by Crippen LogP contribution is -2.52. The van der Waals surface area contributed by atoms with Gasteiger partial charge < -0.3 is 10.8 Å². The monoisotopic (exact) mass is 279 g/mol. The molecule has 3 nitrogen and oxygen atoms in total. The van der Waals surface area contributed by atoms with Crippen LogP contribution in [0.2, 0.25) is 0 Å². The summed E-state index contributed by atoms with van der Waals surface area (Å²) in [6.45, 7) is 4.16. The molecule has 0 aromatic heterocycles. The third-order valence-corrected chi connectivity index (χ3v) is 4.81. The fourth-order valence-electron chi connectivity index (χ4n) is 2.44. The number of aryl methyl sites for hydroxylation is 2. The second kappa shape index (κ2) is 5.55. The minimum absolute atomic E-state index is 0.164. The minimum atomic E-state index is -1.04. The van der Waals surface area contributed by atoms with E-state index in [2.05, 4.69) is 32.0 Å². The molecule has 3 N–H and O–H groups in total. The Labute approximate surface area is 118 Å². The first-order chi connectivity index (χ1) is 8.91. The van der Waals surface area contributed by atoms with E-state index in [4.69, 9.17) is 5.73 Å². The lowest BCUT2D eigenvalue weighted by molar-refractivity contribution is -0.143. The second-order valence-electron chi connectivity index (χ2n) is 5.61. The molecule has 1 atom stereocenters. The van der Waals surface area contributed by atoms with E-state index in [1.807, 2.05) is 0 Å². The molecule has 0 amide bonds. The van der Waals surface area contributed by atoms with Gasteiger partial charge in [0.25, 0.3) is 0 Å². The number of carbonyl (C=O) groups is 1. The molecule has 1 fully saturated rings. The topological polar surface area (TPSA) is 63.3 Å². The largest absolute Gasteiger partial charge is 0.480 e. The molecule has 0 heterocycles. The van der Waals surface area contributed by atoms with E-state index in [1.165, 1.54) is 16.7 Å². The Morgan fingerprint density at radius 2 is 1.95 bits per heavy atom. The lowest BCUT2D eigenvalue weighted by atomic mass is 9.98. The standard InChI is InChI=1S/C15H21NO2S/c1-10-5-11(2)7-12(6-10)8-19-9-15(16,14(17)18)13-3-4-13/h5-7,13H,3-4,8-9,16H2,1-2H3,(H,17,18). The van der Waals surface area contributed by atoms with Crippen molar-refractivity contribution < 1.29 is 9.90 Å². The number of thioether (sulfide) groups is 1. The number of hydrogen-bond donors (Lipinski definition) is 2. The zero-order valence-electron chi connectivity index (χ0n) is 11.5. The van der Waals surface area contributed by atoms with Crippen LogP contribution in [0.3, 0.4) is 0 Å². The lowest BCUT2D eigenvalue weighted by Gasteiger charge is -2.24. The van der Waals surface area contributed by atoms with Crippen molar-refractivity contribution >= 4 is 17.7 Å². The van der Waals surface area contributed by atoms with Gasteiger partial charge in [0, 0.05) is 11.5 Å². The molecule has 104 valence electrons. The molecule has 0 radical (unpaired) electrons. The summed E-state index contributed by atoms with van der Waals surface area (Å²) < 4.78 is 0. The number of carboxylic acids is 1. The molecule has 1 aliphatic carbocycles. The Morgan fingerprint density at radius 3 is 2.42 bits per heavy atom. The predicted molar refractivity (Wildman–Crippen MR) is 79.4 cm³/mol. The summed E-state index contributed by atoms with van der Waals surface area (Å²) >= 11 is 1.62. The van der Waals surface area contributed by atoms with Crippen molar-refractivity contribution in [2.45, 2.75) is 38.0 Å². The number of nitrogens with two attached hydrogens (primary N) is 1. The highest BCUT2D eigenvalue weighted by Crippen LogP contribution is 2.40. The van der Waals surface area contributed by atoms with Gasteiger partial charge in [0.1, 0.15) is 5.54 Å². The molecule has 1 aromatic rings. The average molecular weight is 279 g/mol. The molecule has 1 saturated carbocycles. The van der Waals surface area contributed by atoms with Crippen molar-refractivity contribution in [3.8, 4) is 0 Å². The average Bonchev–Trinajstić information content (AvgIpc) is 3.10. The molecule has 0 saturated heterocycles. The van der Waals surface area contributed by atoms with Gasteiger partial charge in [0.2, 0.25) is 0 Å². The Balaban J connectivity index is 1.93. The van der Waals surface area contributed by atoms with Crippen LogP contribution in [0.25, 0.3) is 0 Å². The second-order valence-corrected chi connectivity index (χ2v) is 6.59. The molecular formula is C15H21NO2S. The van der Waals surface area contributed by atoms with Crippen molar-refractivity contribution in [2.24, 2.45) is 11.7 Å². The van der Waals surface area contributed by atoms with Gasteiger partial charge in [-0.15, -0.1) is 0 Å². The molecule has 2 rings (SSSR count). The first-order valence-electron chi connectivity index (χ1n) is 6.59. The Kier molecular flexibility index (Phi) is 4.21. The number of carboxylic acid groups (broad SMARTS) is 1. The van der Waals surface area contributed by atoms with Crippen molar-refractivity contribution in [3.05, 3.63) is 34.9 Å². The van der Waals surface area contributed by atoms with E-state index in [-0.39, 0.29) is 5.92 Å². The molecule has 1 unspecified atom stereocenters. The van der Waals surface area contributed by atoms with E-state index in [0.717, 1.165) is 18.6 Å². The van der Waals surface area contributed by atoms with Crippen LogP contribution in [-0.4, -0.2) is 22.4 Å². The van der Waals surface area contributed by atoms with E-state index < -0.39 is 11.5 Å². The molecule has 1 aromatic carbocycles. The Morgan fingerprint density at radius 1 is 1.37 bits per heavy atom. The fraction of sp³-hybridized carbons (Fsp3) is 0.533. The Bertz CT molecular complexity index is 465. The third kappa shape index (κ3) is 3.51. The summed E-state index contributed by atoms with van der Waals surface area (Å²) in [6, 6.07) is 6.44. The molecule has 0 bridgehead atoms. The van der Waals surface area contributed by atoms with Gasteiger partial charge >= 0.3 is 5.97 Å². The van der Waals surface area contributed by atoms with E-state index in [9.17, 15) is 9.90 Å². The highest BCUT2D eigenvalue weighted by atomic mass is 32.2. The summed E-state index contributed by atoms with van der Waals surface area (Å²) in [7, 11) is 0. The van der Waals surface area contributed by atoms with Crippen molar-refractivity contribution in [2.75, 3.05) is 5.75 Å². The highest BCUT2D eigenvalue weighted by molar-refractivity contribution is 7.98. The van der Waals surface area contributed by atoms with Gasteiger partial charge in [-0.05, 0) is 38.2 Å². The number of aliphatic carboxylic acids is 1. The van der Waals surface area contributed by atoms with E-state index in [1.54, 1.807) is 11.8 Å². The van der Waals surface area contributed by atoms with Crippen LogP contribution in [0.4, 0.5) is 0 Å². The first-order valence-corrected chi connectivity index (χ1v) is 7.74. The van der Waals surface area contributed by atoms with Gasteiger partial charge in [-0.2, -0.15) is 11.8 Å². The van der Waals surface area contributed by atoms with Crippen LogP contribution >= 0.6 is 11.8 Å². The molecule has 4 heteroatoms. The molecule has 0 spiro atoms. The van der Waals surface area contributed by atoms with Crippen LogP contribution in [0.5, 0.6) is 0 Å². The smallest absolute Gasteiger partial charge is 0.324 e. The van der Waals surface area contributed by atoms with Gasteiger partial charge in [-0.25, -0.2) is 0 Å². The Hall–Kier alpha value is -1.00. The van der Waals surface area contributed by atoms with Gasteiger partial charge in [-0.1, -0.05) is 29.3 Å². The van der Waals surface area contributed by atoms with Crippen molar-refractivity contribution in [3.63, 3.8) is 0 Å². The number of hydrogen-bond acceptors (Lipinski definition) is 3. The van der Waals surface area contributed by atoms with Crippen molar-refractivity contribution in [1.29, 1.82) is 0 Å². The van der Waals surface area contributed by atoms with Crippen LogP contribution in [0.15, 0.2) is 18.2 Å². The maximum atomic E-state index is 11.3. The predicted octanol–water partition coefficient (Wildman–Crippen LogP) is 2.73. The fourth-order valence-corrected chi connectivity index (χ4v) is 3.64. The molecular weight excluding hydrogens is 258 g/mol. The van der Waals surface area contributed by atoms with Gasteiger partial charge in [0.15, 0.2) is 0 Å². The minimum Gasteiger partial charge on any atom is -0.480 e. The van der Waals surface area contributed by atoms with E-state index in [0.29, 0.717) is 5.75 Å². The van der Waals surface area contributed by atoms with Crippen molar-refractivity contribution in [1.82, 2.24) is 0 Å². The highest BCUT2D eigenvalue weighted by Gasteiger charge is 2.47. The summed E-state index contributed by atoms with van der Waals surface area (Å²) in [5.41, 5.74) is 8.74. The summed E-state index contributed by atoms with van der Waals surface area (Å²) in [5.74, 6) is 0.612.